The molecule has 2 amide bonds. The predicted molar refractivity (Wildman–Crippen MR) is 182 cm³/mol. The first kappa shape index (κ1) is 37.1. The Morgan fingerprint density at radius 1 is 0.792 bits per heavy atom. The molecule has 0 aliphatic heterocycles. The van der Waals surface area contributed by atoms with Crippen molar-refractivity contribution in [2.75, 3.05) is 10.8 Å². The van der Waals surface area contributed by atoms with Gasteiger partial charge in [0.05, 0.1) is 31.2 Å². The summed E-state index contributed by atoms with van der Waals surface area (Å²) in [7, 11) is -4.63. The van der Waals surface area contributed by atoms with Crippen LogP contribution in [-0.2, 0) is 38.8 Å². The fraction of sp³-hybridized carbons (Fsp3) is 0.235. The Bertz CT molecular complexity index is 1860. The molecule has 254 valence electrons. The van der Waals surface area contributed by atoms with Gasteiger partial charge in [0.15, 0.2) is 0 Å². The normalized spacial score (nSPS) is 12.4. The molecule has 0 unspecified atom stereocenters. The van der Waals surface area contributed by atoms with Gasteiger partial charge < -0.3 is 10.2 Å². The molecule has 0 aromatic heterocycles. The van der Waals surface area contributed by atoms with Crippen LogP contribution in [0.25, 0.3) is 0 Å². The molecule has 1 N–H and O–H groups in total. The van der Waals surface area contributed by atoms with Gasteiger partial charge in [-0.1, -0.05) is 89.4 Å². The molecule has 7 nitrogen and oxygen atoms in total. The van der Waals surface area contributed by atoms with Crippen molar-refractivity contribution in [1.29, 1.82) is 0 Å². The molecule has 0 radical (unpaired) electrons. The number of carbonyl (C=O) groups excluding carboxylic acids is 2. The molecule has 0 aliphatic rings. The Hall–Kier alpha value is -3.77. The average Bonchev–Trinajstić information content (AvgIpc) is 3.03. The van der Waals surface area contributed by atoms with Crippen LogP contribution in [0, 0.1) is 0 Å². The number of anilines is 1. The number of amides is 2. The van der Waals surface area contributed by atoms with Crippen LogP contribution in [0.2, 0.25) is 15.1 Å². The maximum atomic E-state index is 14.5. The third-order valence-electron chi connectivity index (χ3n) is 7.19. The number of alkyl halides is 3. The van der Waals surface area contributed by atoms with E-state index in [2.05, 4.69) is 5.32 Å². The standard InChI is InChI=1S/C34H31Cl3F3N3O4S/c1-22(2)41-33(45)31(18-23-9-5-3-6-10-23)42(20-24-13-15-29(36)30(37)17-24)32(44)21-43(48(46,47)26-11-7-4-8-12-26)25-14-16-28(35)27(19-25)34(38,39)40/h3-17,19,22,31H,18,20-21H2,1-2H3,(H,41,45)/t31-/m1/s1. The Kier molecular flexibility index (Phi) is 12.1. The summed E-state index contributed by atoms with van der Waals surface area (Å²) in [5.41, 5.74) is -0.566. The van der Waals surface area contributed by atoms with Crippen molar-refractivity contribution in [3.63, 3.8) is 0 Å². The lowest BCUT2D eigenvalue weighted by Gasteiger charge is -2.34. The van der Waals surface area contributed by atoms with Gasteiger partial charge in [-0.3, -0.25) is 13.9 Å². The number of carbonyl (C=O) groups is 2. The Balaban J connectivity index is 1.87. The van der Waals surface area contributed by atoms with E-state index in [9.17, 15) is 31.2 Å². The van der Waals surface area contributed by atoms with Crippen LogP contribution in [0.5, 0.6) is 0 Å². The maximum absolute atomic E-state index is 14.5. The summed E-state index contributed by atoms with van der Waals surface area (Å²) in [4.78, 5) is 29.1. The molecule has 0 aliphatic carbocycles. The van der Waals surface area contributed by atoms with Gasteiger partial charge in [0.25, 0.3) is 10.0 Å². The summed E-state index contributed by atoms with van der Waals surface area (Å²) in [6.45, 7) is 2.31. The van der Waals surface area contributed by atoms with Gasteiger partial charge in [-0.15, -0.1) is 0 Å². The number of nitrogens with one attached hydrogen (secondary N) is 1. The number of rotatable bonds is 12. The first-order chi connectivity index (χ1) is 22.6. The zero-order chi connectivity index (χ0) is 35.2. The van der Waals surface area contributed by atoms with Crippen LogP contribution in [0.3, 0.4) is 0 Å². The van der Waals surface area contributed by atoms with Gasteiger partial charge in [0.2, 0.25) is 11.8 Å². The largest absolute Gasteiger partial charge is 0.417 e. The zero-order valence-corrected chi connectivity index (χ0v) is 28.8. The fourth-order valence-corrected chi connectivity index (χ4v) is 6.88. The van der Waals surface area contributed by atoms with E-state index in [1.165, 1.54) is 41.3 Å². The smallest absolute Gasteiger partial charge is 0.352 e. The number of hydrogen-bond donors (Lipinski definition) is 1. The van der Waals surface area contributed by atoms with E-state index >= 15 is 0 Å². The van der Waals surface area contributed by atoms with Crippen molar-refractivity contribution in [3.05, 3.63) is 129 Å². The van der Waals surface area contributed by atoms with Crippen molar-refractivity contribution in [3.8, 4) is 0 Å². The highest BCUT2D eigenvalue weighted by atomic mass is 35.5. The summed E-state index contributed by atoms with van der Waals surface area (Å²) in [5.74, 6) is -1.39. The van der Waals surface area contributed by atoms with E-state index in [1.807, 2.05) is 0 Å². The summed E-state index contributed by atoms with van der Waals surface area (Å²) < 4.78 is 70.4. The minimum Gasteiger partial charge on any atom is -0.352 e. The van der Waals surface area contributed by atoms with Crippen LogP contribution >= 0.6 is 34.8 Å². The van der Waals surface area contributed by atoms with Crippen LogP contribution < -0.4 is 9.62 Å². The number of benzene rings is 4. The van der Waals surface area contributed by atoms with Crippen molar-refractivity contribution >= 4 is 62.3 Å². The molecule has 1 atom stereocenters. The van der Waals surface area contributed by atoms with Gasteiger partial charge in [-0.2, -0.15) is 13.2 Å². The molecule has 0 saturated carbocycles. The van der Waals surface area contributed by atoms with Gasteiger partial charge in [0.1, 0.15) is 12.6 Å². The molecule has 0 bridgehead atoms. The van der Waals surface area contributed by atoms with Crippen LogP contribution in [0.4, 0.5) is 18.9 Å². The first-order valence-corrected chi connectivity index (χ1v) is 17.2. The van der Waals surface area contributed by atoms with Gasteiger partial charge in [-0.05, 0) is 67.4 Å². The van der Waals surface area contributed by atoms with E-state index in [0.717, 1.165) is 12.1 Å². The molecule has 14 heteroatoms. The second kappa shape index (κ2) is 15.6. The van der Waals surface area contributed by atoms with E-state index in [0.29, 0.717) is 21.5 Å². The van der Waals surface area contributed by atoms with Gasteiger partial charge >= 0.3 is 6.18 Å². The van der Waals surface area contributed by atoms with Crippen LogP contribution in [0.15, 0.2) is 102 Å². The number of sulfonamides is 1. The lowest BCUT2D eigenvalue weighted by Crippen LogP contribution is -2.54. The van der Waals surface area contributed by atoms with Crippen molar-refractivity contribution in [1.82, 2.24) is 10.2 Å². The van der Waals surface area contributed by atoms with Gasteiger partial charge in [-0.25, -0.2) is 8.42 Å². The van der Waals surface area contributed by atoms with Crippen molar-refractivity contribution in [2.24, 2.45) is 0 Å². The molecule has 0 spiro atoms. The highest BCUT2D eigenvalue weighted by Gasteiger charge is 2.37. The minimum absolute atomic E-state index is 0.0387. The van der Waals surface area contributed by atoms with Crippen LogP contribution in [0.1, 0.15) is 30.5 Å². The van der Waals surface area contributed by atoms with E-state index < -0.39 is 56.9 Å². The summed E-state index contributed by atoms with van der Waals surface area (Å²) >= 11 is 18.2. The van der Waals surface area contributed by atoms with E-state index in [-0.39, 0.29) is 33.9 Å². The zero-order valence-electron chi connectivity index (χ0n) is 25.7. The number of hydrogen-bond acceptors (Lipinski definition) is 4. The average molecular weight is 741 g/mol. The monoisotopic (exact) mass is 739 g/mol. The predicted octanol–water partition coefficient (Wildman–Crippen LogP) is 8.03. The molecule has 0 saturated heterocycles. The second-order valence-electron chi connectivity index (χ2n) is 11.1. The highest BCUT2D eigenvalue weighted by molar-refractivity contribution is 7.92. The fourth-order valence-electron chi connectivity index (χ4n) is 4.90. The summed E-state index contributed by atoms with van der Waals surface area (Å²) in [6, 6.07) is 21.6. The Labute approximate surface area is 292 Å². The quantitative estimate of drug-likeness (QED) is 0.160. The van der Waals surface area contributed by atoms with E-state index in [4.69, 9.17) is 34.8 Å². The minimum atomic E-state index is -4.92. The third-order valence-corrected chi connectivity index (χ3v) is 10.0. The maximum Gasteiger partial charge on any atom is 0.417 e. The summed E-state index contributed by atoms with van der Waals surface area (Å²) in [6.07, 6.45) is -4.88. The lowest BCUT2D eigenvalue weighted by atomic mass is 10.0. The lowest BCUT2D eigenvalue weighted by molar-refractivity contribution is -0.140. The Morgan fingerprint density at radius 3 is 1.98 bits per heavy atom. The second-order valence-corrected chi connectivity index (χ2v) is 14.2. The highest BCUT2D eigenvalue weighted by Crippen LogP contribution is 2.38. The van der Waals surface area contributed by atoms with Gasteiger partial charge in [0, 0.05) is 19.0 Å². The molecule has 0 heterocycles. The Morgan fingerprint density at radius 2 is 1.40 bits per heavy atom. The third kappa shape index (κ3) is 9.22. The van der Waals surface area contributed by atoms with E-state index in [1.54, 1.807) is 56.3 Å². The molecule has 4 aromatic carbocycles. The number of halogens is 6. The molecule has 4 rings (SSSR count). The van der Waals surface area contributed by atoms with Crippen molar-refractivity contribution in [2.45, 2.75) is 50.0 Å². The molecule has 0 fully saturated rings. The number of nitrogens with zero attached hydrogens (tertiary/aromatic N) is 2. The SMILES string of the molecule is CC(C)NC(=O)[C@@H](Cc1ccccc1)N(Cc1ccc(Cl)c(Cl)c1)C(=O)CN(c1ccc(Cl)c(C(F)(F)F)c1)S(=O)(=O)c1ccccc1. The topological polar surface area (TPSA) is 86.8 Å². The first-order valence-electron chi connectivity index (χ1n) is 14.6. The van der Waals surface area contributed by atoms with Crippen LogP contribution in [-0.4, -0.2) is 43.8 Å². The molecular weight excluding hydrogens is 710 g/mol. The molecule has 4 aromatic rings. The molecular formula is C34H31Cl3F3N3O4S. The summed E-state index contributed by atoms with van der Waals surface area (Å²) in [5, 5.41) is 2.61. The molecule has 48 heavy (non-hydrogen) atoms. The van der Waals surface area contributed by atoms with Crippen molar-refractivity contribution < 1.29 is 31.2 Å².